The van der Waals surface area contributed by atoms with E-state index in [-0.39, 0.29) is 6.54 Å². The molecule has 0 saturated heterocycles. The molecule has 8 nitrogen and oxygen atoms in total. The average molecular weight is 452 g/mol. The molecule has 0 bridgehead atoms. The van der Waals surface area contributed by atoms with Crippen LogP contribution in [-0.4, -0.2) is 29.3 Å². The summed E-state index contributed by atoms with van der Waals surface area (Å²) in [5.74, 6) is 0.564. The van der Waals surface area contributed by atoms with Crippen LogP contribution in [0, 0.1) is 6.92 Å². The highest BCUT2D eigenvalue weighted by molar-refractivity contribution is 7.18. The summed E-state index contributed by atoms with van der Waals surface area (Å²) < 4.78 is 12.9. The Morgan fingerprint density at radius 1 is 1.03 bits per heavy atom. The Hall–Kier alpha value is -3.85. The minimum atomic E-state index is -0.580. The van der Waals surface area contributed by atoms with Crippen LogP contribution in [0.25, 0.3) is 15.9 Å². The number of methoxy groups -OCH3 is 2. The lowest BCUT2D eigenvalue weighted by atomic mass is 10.2. The highest BCUT2D eigenvalue weighted by atomic mass is 32.1. The Balaban J connectivity index is 1.79. The van der Waals surface area contributed by atoms with Gasteiger partial charge in [-0.05, 0) is 37.3 Å². The Morgan fingerprint density at radius 3 is 2.47 bits per heavy atom. The molecule has 9 heteroatoms. The number of rotatable bonds is 6. The summed E-state index contributed by atoms with van der Waals surface area (Å²) in [6.45, 7) is 1.58. The van der Waals surface area contributed by atoms with Crippen LogP contribution >= 0.6 is 11.3 Å². The van der Waals surface area contributed by atoms with E-state index in [2.05, 4.69) is 5.32 Å². The van der Waals surface area contributed by atoms with Crippen LogP contribution in [0.3, 0.4) is 0 Å². The largest absolute Gasteiger partial charge is 0.497 e. The van der Waals surface area contributed by atoms with E-state index in [1.165, 1.54) is 30.1 Å². The van der Waals surface area contributed by atoms with Gasteiger partial charge in [0.1, 0.15) is 22.9 Å². The van der Waals surface area contributed by atoms with Gasteiger partial charge in [-0.15, -0.1) is 11.3 Å². The maximum absolute atomic E-state index is 13.3. The fraction of sp³-hybridized carbons (Fsp3) is 0.174. The number of benzene rings is 2. The zero-order valence-electron chi connectivity index (χ0n) is 17.7. The van der Waals surface area contributed by atoms with E-state index in [0.29, 0.717) is 33.1 Å². The minimum Gasteiger partial charge on any atom is -0.497 e. The second kappa shape index (κ2) is 8.72. The van der Waals surface area contributed by atoms with Crippen LogP contribution in [0.2, 0.25) is 0 Å². The molecule has 2 aromatic heterocycles. The number of aromatic nitrogens is 2. The number of anilines is 1. The van der Waals surface area contributed by atoms with Gasteiger partial charge >= 0.3 is 5.69 Å². The highest BCUT2D eigenvalue weighted by Crippen LogP contribution is 2.29. The molecule has 4 rings (SSSR count). The molecule has 2 aromatic carbocycles. The molecule has 0 spiro atoms. The summed E-state index contributed by atoms with van der Waals surface area (Å²) in [7, 11) is 3.02. The number of carbonyl (C=O) groups is 1. The Labute approximate surface area is 187 Å². The van der Waals surface area contributed by atoms with E-state index in [1.807, 2.05) is 6.92 Å². The third kappa shape index (κ3) is 3.90. The number of thiophene rings is 1. The number of para-hydroxylation sites is 1. The van der Waals surface area contributed by atoms with Crippen molar-refractivity contribution in [3.63, 3.8) is 0 Å². The molecule has 4 aromatic rings. The summed E-state index contributed by atoms with van der Waals surface area (Å²) in [6, 6.07) is 15.4. The van der Waals surface area contributed by atoms with E-state index in [0.717, 1.165) is 9.44 Å². The first-order valence-corrected chi connectivity index (χ1v) is 10.6. The third-order valence-corrected chi connectivity index (χ3v) is 6.01. The molecule has 32 heavy (non-hydrogen) atoms. The van der Waals surface area contributed by atoms with E-state index in [9.17, 15) is 14.4 Å². The van der Waals surface area contributed by atoms with Gasteiger partial charge < -0.3 is 14.8 Å². The summed E-state index contributed by atoms with van der Waals surface area (Å²) in [4.78, 5) is 40.7. The smallest absolute Gasteiger partial charge is 0.337 e. The average Bonchev–Trinajstić information content (AvgIpc) is 3.19. The quantitative estimate of drug-likeness (QED) is 0.486. The van der Waals surface area contributed by atoms with Crippen molar-refractivity contribution in [1.82, 2.24) is 9.13 Å². The molecule has 164 valence electrons. The van der Waals surface area contributed by atoms with Gasteiger partial charge in [0.15, 0.2) is 0 Å². The fourth-order valence-electron chi connectivity index (χ4n) is 3.46. The van der Waals surface area contributed by atoms with Crippen LogP contribution in [-0.2, 0) is 11.3 Å². The van der Waals surface area contributed by atoms with Gasteiger partial charge in [-0.1, -0.05) is 18.2 Å². The van der Waals surface area contributed by atoms with Gasteiger partial charge in [0, 0.05) is 10.9 Å². The lowest BCUT2D eigenvalue weighted by Crippen LogP contribution is -2.40. The first-order chi connectivity index (χ1) is 15.4. The first kappa shape index (κ1) is 21.4. The molecule has 0 radical (unpaired) electrons. The van der Waals surface area contributed by atoms with Crippen molar-refractivity contribution >= 4 is 33.1 Å². The highest BCUT2D eigenvalue weighted by Gasteiger charge is 2.19. The van der Waals surface area contributed by atoms with Crippen LogP contribution in [0.5, 0.6) is 11.5 Å². The normalized spacial score (nSPS) is 10.8. The Bertz CT molecular complexity index is 1420. The molecule has 0 aliphatic carbocycles. The maximum atomic E-state index is 13.3. The molecule has 0 unspecified atom stereocenters. The number of nitrogens with one attached hydrogen (secondary N) is 1. The molecule has 0 fully saturated rings. The van der Waals surface area contributed by atoms with Crippen molar-refractivity contribution in [3.8, 4) is 17.2 Å². The minimum absolute atomic E-state index is 0.275. The summed E-state index contributed by atoms with van der Waals surface area (Å²) in [5.41, 5.74) is -0.133. The van der Waals surface area contributed by atoms with E-state index in [4.69, 9.17) is 9.47 Å². The molecule has 1 N–H and O–H groups in total. The molecule has 0 saturated carbocycles. The lowest BCUT2D eigenvalue weighted by Gasteiger charge is -2.14. The van der Waals surface area contributed by atoms with Crippen molar-refractivity contribution in [3.05, 3.63) is 80.3 Å². The number of hydrogen-bond donors (Lipinski definition) is 1. The zero-order chi connectivity index (χ0) is 22.8. The maximum Gasteiger partial charge on any atom is 0.337 e. The van der Waals surface area contributed by atoms with Gasteiger partial charge in [0.2, 0.25) is 5.91 Å². The molecular weight excluding hydrogens is 430 g/mol. The van der Waals surface area contributed by atoms with Crippen LogP contribution in [0.4, 0.5) is 5.69 Å². The standard InChI is InChI=1S/C23H21N3O5S/c1-14-11-17-21(28)26(15-7-5-4-6-8-15)23(29)25(22(17)32-14)13-20(27)24-18-12-16(30-2)9-10-19(18)31-3/h4-12H,13H2,1-3H3,(H,24,27). The summed E-state index contributed by atoms with van der Waals surface area (Å²) in [6.07, 6.45) is 0. The van der Waals surface area contributed by atoms with Crippen molar-refractivity contribution in [2.75, 3.05) is 19.5 Å². The summed E-state index contributed by atoms with van der Waals surface area (Å²) >= 11 is 1.30. The summed E-state index contributed by atoms with van der Waals surface area (Å²) in [5, 5.41) is 3.16. The molecule has 0 aliphatic rings. The van der Waals surface area contributed by atoms with Crippen LogP contribution < -0.4 is 26.0 Å². The van der Waals surface area contributed by atoms with E-state index in [1.54, 1.807) is 54.6 Å². The molecule has 1 amide bonds. The van der Waals surface area contributed by atoms with Crippen LogP contribution in [0.1, 0.15) is 4.88 Å². The zero-order valence-corrected chi connectivity index (χ0v) is 18.6. The predicted molar refractivity (Wildman–Crippen MR) is 125 cm³/mol. The molecule has 0 atom stereocenters. The van der Waals surface area contributed by atoms with Gasteiger partial charge in [0.05, 0.1) is 31.0 Å². The van der Waals surface area contributed by atoms with E-state index < -0.39 is 17.2 Å². The number of amides is 1. The number of nitrogens with zero attached hydrogens (tertiary/aromatic N) is 2. The third-order valence-electron chi connectivity index (χ3n) is 4.93. The molecule has 0 aliphatic heterocycles. The van der Waals surface area contributed by atoms with E-state index >= 15 is 0 Å². The van der Waals surface area contributed by atoms with Gasteiger partial charge in [-0.3, -0.25) is 14.2 Å². The number of ether oxygens (including phenoxy) is 2. The number of fused-ring (bicyclic) bond motifs is 1. The SMILES string of the molecule is COc1ccc(OC)c(NC(=O)Cn2c(=O)n(-c3ccccc3)c(=O)c3cc(C)sc32)c1. The number of aryl methyl sites for hydroxylation is 1. The van der Waals surface area contributed by atoms with Crippen molar-refractivity contribution in [2.24, 2.45) is 0 Å². The second-order valence-electron chi connectivity index (χ2n) is 7.04. The first-order valence-electron chi connectivity index (χ1n) is 9.76. The topological polar surface area (TPSA) is 91.6 Å². The molecular formula is C23H21N3O5S. The Morgan fingerprint density at radius 2 is 1.78 bits per heavy atom. The van der Waals surface area contributed by atoms with Crippen molar-refractivity contribution in [1.29, 1.82) is 0 Å². The van der Waals surface area contributed by atoms with Crippen LogP contribution in [0.15, 0.2) is 64.2 Å². The number of carbonyl (C=O) groups excluding carboxylic acids is 1. The van der Waals surface area contributed by atoms with Gasteiger partial charge in [0.25, 0.3) is 5.56 Å². The van der Waals surface area contributed by atoms with Gasteiger partial charge in [-0.2, -0.15) is 0 Å². The predicted octanol–water partition coefficient (Wildman–Crippen LogP) is 3.18. The Kier molecular flexibility index (Phi) is 5.83. The second-order valence-corrected chi connectivity index (χ2v) is 8.27. The monoisotopic (exact) mass is 451 g/mol. The van der Waals surface area contributed by atoms with Gasteiger partial charge in [-0.25, -0.2) is 9.36 Å². The molecule has 2 heterocycles. The lowest BCUT2D eigenvalue weighted by molar-refractivity contribution is -0.116. The van der Waals surface area contributed by atoms with Crippen molar-refractivity contribution in [2.45, 2.75) is 13.5 Å². The fourth-order valence-corrected chi connectivity index (χ4v) is 4.45. The number of hydrogen-bond acceptors (Lipinski definition) is 6. The van der Waals surface area contributed by atoms with Crippen molar-refractivity contribution < 1.29 is 14.3 Å².